The van der Waals surface area contributed by atoms with Crippen molar-refractivity contribution >= 4 is 41.5 Å². The molecule has 0 aliphatic carbocycles. The van der Waals surface area contributed by atoms with Gasteiger partial charge >= 0.3 is 17.9 Å². The molecule has 51 heavy (non-hydrogen) atoms. The number of nitrogens with two attached hydrogens (primary N) is 1. The Morgan fingerprint density at radius 1 is 1.02 bits per heavy atom. The first-order valence-corrected chi connectivity index (χ1v) is 15.9. The predicted octanol–water partition coefficient (Wildman–Crippen LogP) is -0.818. The van der Waals surface area contributed by atoms with Crippen LogP contribution in [-0.4, -0.2) is 123 Å². The maximum atomic E-state index is 13.3. The van der Waals surface area contributed by atoms with E-state index in [0.29, 0.717) is 0 Å². The number of ether oxygens (including phenoxy) is 6. The summed E-state index contributed by atoms with van der Waals surface area (Å²) in [5.41, 5.74) is 13.3. The topological polar surface area (TPSA) is 310 Å². The smallest absolute Gasteiger partial charge is 0.305 e. The van der Waals surface area contributed by atoms with E-state index in [4.69, 9.17) is 34.9 Å². The molecule has 2 rings (SSSR count). The third-order valence-electron chi connectivity index (χ3n) is 7.54. The second kappa shape index (κ2) is 20.1. The molecular weight excluding hydrogens is 682 g/mol. The summed E-state index contributed by atoms with van der Waals surface area (Å²) in [6, 6.07) is -3.76. The molecule has 0 saturated carbocycles. The summed E-state index contributed by atoms with van der Waals surface area (Å²) in [4.78, 5) is 89.4. The minimum Gasteiger partial charge on any atom is -0.469 e. The molecule has 5 N–H and O–H groups in total. The maximum absolute atomic E-state index is 13.3. The zero-order valence-electron chi connectivity index (χ0n) is 29.2. The third-order valence-corrected chi connectivity index (χ3v) is 7.54. The van der Waals surface area contributed by atoms with Gasteiger partial charge in [0.1, 0.15) is 43.0 Å². The molecule has 0 radical (unpaired) electrons. The fourth-order valence-corrected chi connectivity index (χ4v) is 4.72. The standard InChI is InChI=1S/C29H45N9O13/c1-14(26(44)34-18(25(30)43)7-8-21(42)46-6)33-27(45)15(2)49-24-22(35-20(41)9-10-29(5)36-37-29)28(47-12-11-32-38-31)51-19(13-48-16(3)39)23(24)50-17(4)40/h14-15,18-19,22-24,28H,7-13H2,1-6H3,(H2,30,43)(H,33,45)(H,34,44)(H,35,41)/t14?,15?,18?,19-,22-,23-,24-,28-/m1/s1. The monoisotopic (exact) mass is 727 g/mol. The lowest BCUT2D eigenvalue weighted by Crippen LogP contribution is -2.67. The van der Waals surface area contributed by atoms with Gasteiger partial charge in [0.15, 0.2) is 18.1 Å². The highest BCUT2D eigenvalue weighted by molar-refractivity contribution is 5.92. The van der Waals surface area contributed by atoms with Gasteiger partial charge in [-0.1, -0.05) is 5.11 Å². The van der Waals surface area contributed by atoms with Crippen molar-refractivity contribution in [2.24, 2.45) is 21.1 Å². The Hall–Kier alpha value is -4.92. The number of hydrogen-bond acceptors (Lipinski definition) is 16. The van der Waals surface area contributed by atoms with Crippen molar-refractivity contribution in [2.45, 2.75) is 115 Å². The maximum Gasteiger partial charge on any atom is 0.305 e. The molecule has 2 aliphatic heterocycles. The van der Waals surface area contributed by atoms with Crippen LogP contribution in [0.5, 0.6) is 0 Å². The molecule has 4 amide bonds. The number of carbonyl (C=O) groups excluding carboxylic acids is 7. The highest BCUT2D eigenvalue weighted by atomic mass is 16.7. The summed E-state index contributed by atoms with van der Waals surface area (Å²) >= 11 is 0. The van der Waals surface area contributed by atoms with E-state index in [9.17, 15) is 33.6 Å². The van der Waals surface area contributed by atoms with E-state index >= 15 is 0 Å². The van der Waals surface area contributed by atoms with Crippen molar-refractivity contribution < 1.29 is 62.0 Å². The van der Waals surface area contributed by atoms with Gasteiger partial charge in [0.25, 0.3) is 0 Å². The van der Waals surface area contributed by atoms with Crippen LogP contribution in [0.3, 0.4) is 0 Å². The molecule has 0 bridgehead atoms. The van der Waals surface area contributed by atoms with Crippen molar-refractivity contribution in [3.8, 4) is 0 Å². The third kappa shape index (κ3) is 14.5. The highest BCUT2D eigenvalue weighted by Gasteiger charge is 2.51. The van der Waals surface area contributed by atoms with Gasteiger partial charge < -0.3 is 50.1 Å². The molecule has 0 aromatic carbocycles. The van der Waals surface area contributed by atoms with Gasteiger partial charge in [0, 0.05) is 44.6 Å². The van der Waals surface area contributed by atoms with Gasteiger partial charge in [0.05, 0.1) is 13.7 Å². The van der Waals surface area contributed by atoms with E-state index in [1.807, 2.05) is 0 Å². The minimum atomic E-state index is -1.41. The number of carbonyl (C=O) groups is 7. The summed E-state index contributed by atoms with van der Waals surface area (Å²) in [6.45, 7) is 5.81. The van der Waals surface area contributed by atoms with E-state index in [2.05, 4.69) is 40.9 Å². The van der Waals surface area contributed by atoms with Crippen LogP contribution in [0.25, 0.3) is 10.4 Å². The Labute approximate surface area is 292 Å². The van der Waals surface area contributed by atoms with Gasteiger partial charge in [-0.3, -0.25) is 33.6 Å². The fourth-order valence-electron chi connectivity index (χ4n) is 4.72. The summed E-state index contributed by atoms with van der Waals surface area (Å²) in [7, 11) is 1.16. The molecule has 0 spiro atoms. The average molecular weight is 728 g/mol. The lowest BCUT2D eigenvalue weighted by atomic mass is 9.95. The second-order valence-electron chi connectivity index (χ2n) is 11.8. The number of nitrogens with zero attached hydrogens (tertiary/aromatic N) is 5. The molecule has 1 saturated heterocycles. The number of primary amides is 1. The van der Waals surface area contributed by atoms with Crippen molar-refractivity contribution in [2.75, 3.05) is 26.9 Å². The largest absolute Gasteiger partial charge is 0.469 e. The second-order valence-corrected chi connectivity index (χ2v) is 11.8. The van der Waals surface area contributed by atoms with Gasteiger partial charge in [-0.25, -0.2) is 0 Å². The first-order chi connectivity index (χ1) is 24.0. The number of hydrogen-bond donors (Lipinski definition) is 4. The van der Waals surface area contributed by atoms with Crippen molar-refractivity contribution in [3.05, 3.63) is 10.4 Å². The van der Waals surface area contributed by atoms with Crippen LogP contribution in [0, 0.1) is 0 Å². The van der Waals surface area contributed by atoms with Crippen LogP contribution in [0.1, 0.15) is 60.3 Å². The fraction of sp³-hybridized carbons (Fsp3) is 0.759. The van der Waals surface area contributed by atoms with E-state index in [-0.39, 0.29) is 38.8 Å². The van der Waals surface area contributed by atoms with Gasteiger partial charge in [0.2, 0.25) is 23.6 Å². The summed E-state index contributed by atoms with van der Waals surface area (Å²) < 4.78 is 33.1. The van der Waals surface area contributed by atoms with Crippen LogP contribution >= 0.6 is 0 Å². The van der Waals surface area contributed by atoms with Crippen LogP contribution < -0.4 is 21.7 Å². The van der Waals surface area contributed by atoms with Crippen molar-refractivity contribution in [3.63, 3.8) is 0 Å². The first kappa shape index (κ1) is 42.2. The number of rotatable bonds is 21. The average Bonchev–Trinajstić information content (AvgIpc) is 3.81. The Bertz CT molecular complexity index is 1370. The Morgan fingerprint density at radius 2 is 1.71 bits per heavy atom. The molecule has 22 nitrogen and oxygen atoms in total. The lowest BCUT2D eigenvalue weighted by Gasteiger charge is -2.46. The van der Waals surface area contributed by atoms with Crippen molar-refractivity contribution in [1.82, 2.24) is 16.0 Å². The number of nitrogens with one attached hydrogen (secondary N) is 3. The Kier molecular flexibility index (Phi) is 16.6. The predicted molar refractivity (Wildman–Crippen MR) is 170 cm³/mol. The van der Waals surface area contributed by atoms with Gasteiger partial charge in [-0.2, -0.15) is 10.2 Å². The van der Waals surface area contributed by atoms with Crippen LogP contribution in [0.2, 0.25) is 0 Å². The molecular formula is C29H45N9O13. The van der Waals surface area contributed by atoms with E-state index in [1.165, 1.54) is 13.8 Å². The van der Waals surface area contributed by atoms with E-state index in [0.717, 1.165) is 21.0 Å². The first-order valence-electron chi connectivity index (χ1n) is 15.9. The molecule has 8 atom stereocenters. The number of amides is 4. The summed E-state index contributed by atoms with van der Waals surface area (Å²) in [5, 5.41) is 18.7. The summed E-state index contributed by atoms with van der Waals surface area (Å²) in [5.74, 6) is -5.22. The van der Waals surface area contributed by atoms with E-state index < -0.39 is 103 Å². The number of esters is 3. The Balaban J connectivity index is 2.34. The van der Waals surface area contributed by atoms with Crippen LogP contribution in [0.4, 0.5) is 0 Å². The Morgan fingerprint density at radius 3 is 2.27 bits per heavy atom. The zero-order valence-corrected chi connectivity index (χ0v) is 29.2. The lowest BCUT2D eigenvalue weighted by molar-refractivity contribution is -0.284. The minimum absolute atomic E-state index is 0.0537. The zero-order chi connectivity index (χ0) is 38.3. The number of methoxy groups -OCH3 is 1. The van der Waals surface area contributed by atoms with Gasteiger partial charge in [-0.05, 0) is 32.7 Å². The number of azide groups is 1. The van der Waals surface area contributed by atoms with Crippen LogP contribution in [-0.2, 0) is 62.0 Å². The molecule has 3 unspecified atom stereocenters. The highest BCUT2D eigenvalue weighted by Crippen LogP contribution is 2.32. The molecule has 22 heteroatoms. The summed E-state index contributed by atoms with van der Waals surface area (Å²) in [6.07, 6.45) is -6.95. The van der Waals surface area contributed by atoms with E-state index in [1.54, 1.807) is 6.92 Å². The van der Waals surface area contributed by atoms with Crippen molar-refractivity contribution in [1.29, 1.82) is 0 Å². The SMILES string of the molecule is COC(=O)CCC(NC(=O)C(C)NC(=O)C(C)O[C@@H]1[C@@H](NC(=O)CCC2(C)N=N2)[C@H](OCCN=[N+]=[N-])O[C@H](COC(C)=O)[C@H]1OC(C)=O)C(N)=O. The molecule has 2 heterocycles. The van der Waals surface area contributed by atoms with Gasteiger partial charge in [-0.15, -0.1) is 0 Å². The molecule has 1 fully saturated rings. The van der Waals surface area contributed by atoms with Crippen LogP contribution in [0.15, 0.2) is 15.3 Å². The molecule has 0 aromatic rings. The quantitative estimate of drug-likeness (QED) is 0.0281. The molecule has 2 aliphatic rings. The normalized spacial score (nSPS) is 23.2. The molecule has 0 aromatic heterocycles. The molecule has 284 valence electrons.